The molecule has 2 heterocycles. The number of nitrogens with zero attached hydrogens (tertiary/aromatic N) is 3. The van der Waals surface area contributed by atoms with Crippen molar-refractivity contribution in [3.05, 3.63) is 30.0 Å². The highest BCUT2D eigenvalue weighted by molar-refractivity contribution is 5.99. The monoisotopic (exact) mass is 357 g/mol. The minimum absolute atomic E-state index is 0.0557. The molecule has 1 aliphatic heterocycles. The average molecular weight is 357 g/mol. The van der Waals surface area contributed by atoms with Crippen molar-refractivity contribution in [3.63, 3.8) is 0 Å². The predicted octanol–water partition coefficient (Wildman–Crippen LogP) is 1.96. The molecule has 1 aromatic heterocycles. The van der Waals surface area contributed by atoms with Gasteiger partial charge in [0.25, 0.3) is 5.91 Å². The summed E-state index contributed by atoms with van der Waals surface area (Å²) in [6.07, 6.45) is 3.63. The van der Waals surface area contributed by atoms with E-state index in [0.717, 1.165) is 25.9 Å². The Bertz CT molecular complexity index is 825. The molecule has 1 saturated heterocycles. The molecule has 2 aromatic rings. The lowest BCUT2D eigenvalue weighted by Gasteiger charge is -2.17. The first-order valence-electron chi connectivity index (χ1n) is 8.57. The van der Waals surface area contributed by atoms with Crippen molar-refractivity contribution in [2.24, 2.45) is 5.73 Å². The number of rotatable bonds is 5. The second-order valence-corrected chi connectivity index (χ2v) is 6.13. The Hall–Kier alpha value is -3.23. The molecule has 0 bridgehead atoms. The van der Waals surface area contributed by atoms with Gasteiger partial charge in [-0.05, 0) is 38.0 Å². The summed E-state index contributed by atoms with van der Waals surface area (Å²) >= 11 is 0. The summed E-state index contributed by atoms with van der Waals surface area (Å²) in [5.41, 5.74) is 13.4. The molecule has 6 N–H and O–H groups in total. The number of nitrogens with one attached hydrogen (secondary N) is 2. The number of carbonyl (C=O) groups excluding carboxylic acids is 2. The lowest BCUT2D eigenvalue weighted by atomic mass is 10.1. The fourth-order valence-corrected chi connectivity index (χ4v) is 3.01. The molecule has 0 spiro atoms. The van der Waals surface area contributed by atoms with Crippen molar-refractivity contribution in [2.75, 3.05) is 29.5 Å². The second-order valence-electron chi connectivity index (χ2n) is 6.13. The molecule has 0 aliphatic carbocycles. The van der Waals surface area contributed by atoms with Crippen LogP contribution in [0.4, 0.5) is 27.7 Å². The van der Waals surface area contributed by atoms with Gasteiger partial charge in [-0.1, -0.05) is 0 Å². The lowest BCUT2D eigenvalue weighted by Crippen LogP contribution is -2.28. The number of hydrogen-bond donors (Lipinski definition) is 4. The molecular formula is C17H23N7O2. The summed E-state index contributed by atoms with van der Waals surface area (Å²) in [7, 11) is 0. The normalized spacial score (nSPS) is 13.7. The van der Waals surface area contributed by atoms with Gasteiger partial charge in [0, 0.05) is 25.2 Å². The number of likely N-dealkylation sites (tertiary alicyclic amines) is 1. The van der Waals surface area contributed by atoms with E-state index in [-0.39, 0.29) is 5.91 Å². The largest absolute Gasteiger partial charge is 0.382 e. The maximum Gasteiger partial charge on any atom is 0.316 e. The van der Waals surface area contributed by atoms with Gasteiger partial charge in [0.15, 0.2) is 0 Å². The molecule has 1 aliphatic rings. The van der Waals surface area contributed by atoms with Crippen molar-refractivity contribution in [2.45, 2.75) is 26.3 Å². The van der Waals surface area contributed by atoms with E-state index in [9.17, 15) is 9.59 Å². The Kier molecular flexibility index (Phi) is 4.97. The van der Waals surface area contributed by atoms with E-state index in [0.29, 0.717) is 35.0 Å². The minimum atomic E-state index is -0.712. The standard InChI is InChI=1S/C17H23N7O2/c1-2-24-15(18)14(10-20-24)21-12-6-5-11(9-13(12)22-17(19)26)16(25)23-7-3-4-8-23/h5-6,9-10,21H,2-4,7-8,18H2,1H3,(H3,19,22,26). The second kappa shape index (κ2) is 7.34. The molecule has 0 radical (unpaired) electrons. The minimum Gasteiger partial charge on any atom is -0.382 e. The fraction of sp³-hybridized carbons (Fsp3) is 0.353. The number of carbonyl (C=O) groups is 2. The van der Waals surface area contributed by atoms with Crippen LogP contribution in [0.25, 0.3) is 0 Å². The third-order valence-electron chi connectivity index (χ3n) is 4.37. The number of urea groups is 1. The molecule has 1 aromatic carbocycles. The van der Waals surface area contributed by atoms with Crippen molar-refractivity contribution in [1.29, 1.82) is 0 Å². The van der Waals surface area contributed by atoms with Crippen LogP contribution in [0.2, 0.25) is 0 Å². The summed E-state index contributed by atoms with van der Waals surface area (Å²) in [6.45, 7) is 4.09. The van der Waals surface area contributed by atoms with Crippen LogP contribution >= 0.6 is 0 Å². The van der Waals surface area contributed by atoms with Gasteiger partial charge in [-0.2, -0.15) is 5.10 Å². The smallest absolute Gasteiger partial charge is 0.316 e. The number of primary amides is 1. The van der Waals surface area contributed by atoms with Gasteiger partial charge in [-0.25, -0.2) is 9.48 Å². The van der Waals surface area contributed by atoms with Gasteiger partial charge in [0.2, 0.25) is 0 Å². The average Bonchev–Trinajstić information content (AvgIpc) is 3.26. The quantitative estimate of drug-likeness (QED) is 0.649. The van der Waals surface area contributed by atoms with Crippen LogP contribution in [0.1, 0.15) is 30.1 Å². The van der Waals surface area contributed by atoms with Crippen molar-refractivity contribution < 1.29 is 9.59 Å². The van der Waals surface area contributed by atoms with Gasteiger partial charge in [0.1, 0.15) is 11.5 Å². The van der Waals surface area contributed by atoms with Gasteiger partial charge >= 0.3 is 6.03 Å². The number of aromatic nitrogens is 2. The zero-order valence-corrected chi connectivity index (χ0v) is 14.7. The van der Waals surface area contributed by atoms with Gasteiger partial charge in [-0.15, -0.1) is 0 Å². The van der Waals surface area contributed by atoms with Gasteiger partial charge in [-0.3, -0.25) is 4.79 Å². The van der Waals surface area contributed by atoms with Crippen molar-refractivity contribution in [1.82, 2.24) is 14.7 Å². The van der Waals surface area contributed by atoms with E-state index >= 15 is 0 Å². The Morgan fingerprint density at radius 2 is 1.92 bits per heavy atom. The topological polar surface area (TPSA) is 131 Å². The first-order valence-corrected chi connectivity index (χ1v) is 8.57. The van der Waals surface area contributed by atoms with E-state index < -0.39 is 6.03 Å². The summed E-state index contributed by atoms with van der Waals surface area (Å²) in [6, 6.07) is 4.34. The number of amides is 3. The highest BCUT2D eigenvalue weighted by Crippen LogP contribution is 2.30. The predicted molar refractivity (Wildman–Crippen MR) is 100 cm³/mol. The fourth-order valence-electron chi connectivity index (χ4n) is 3.01. The van der Waals surface area contributed by atoms with Crippen LogP contribution < -0.4 is 22.1 Å². The van der Waals surface area contributed by atoms with Crippen LogP contribution in [-0.4, -0.2) is 39.7 Å². The van der Waals surface area contributed by atoms with E-state index in [1.807, 2.05) is 6.92 Å². The molecule has 0 atom stereocenters. The molecule has 26 heavy (non-hydrogen) atoms. The summed E-state index contributed by atoms with van der Waals surface area (Å²) < 4.78 is 1.65. The van der Waals surface area contributed by atoms with Crippen LogP contribution in [0.15, 0.2) is 24.4 Å². The lowest BCUT2D eigenvalue weighted by molar-refractivity contribution is 0.0793. The van der Waals surface area contributed by atoms with Crippen LogP contribution in [-0.2, 0) is 6.54 Å². The van der Waals surface area contributed by atoms with Gasteiger partial charge < -0.3 is 27.0 Å². The summed E-state index contributed by atoms with van der Waals surface area (Å²) in [5.74, 6) is 0.426. The number of nitrogens with two attached hydrogens (primary N) is 2. The molecule has 9 heteroatoms. The van der Waals surface area contributed by atoms with Crippen LogP contribution in [0.5, 0.6) is 0 Å². The van der Waals surface area contributed by atoms with E-state index in [1.165, 1.54) is 0 Å². The number of anilines is 4. The molecule has 3 amide bonds. The van der Waals surface area contributed by atoms with Gasteiger partial charge in [0.05, 0.1) is 17.6 Å². The molecule has 3 rings (SSSR count). The molecular weight excluding hydrogens is 334 g/mol. The molecule has 1 fully saturated rings. The van der Waals surface area contributed by atoms with E-state index in [4.69, 9.17) is 11.5 Å². The third kappa shape index (κ3) is 3.56. The Balaban J connectivity index is 1.89. The Morgan fingerprint density at radius 3 is 2.54 bits per heavy atom. The summed E-state index contributed by atoms with van der Waals surface area (Å²) in [5, 5.41) is 9.87. The number of aryl methyl sites for hydroxylation is 1. The number of hydrogen-bond acceptors (Lipinski definition) is 5. The Morgan fingerprint density at radius 1 is 1.19 bits per heavy atom. The maximum atomic E-state index is 12.6. The zero-order chi connectivity index (χ0) is 18.7. The molecule has 138 valence electrons. The van der Waals surface area contributed by atoms with Crippen molar-refractivity contribution >= 4 is 34.8 Å². The highest BCUT2D eigenvalue weighted by Gasteiger charge is 2.21. The van der Waals surface area contributed by atoms with E-state index in [1.54, 1.807) is 34.0 Å². The third-order valence-corrected chi connectivity index (χ3v) is 4.37. The zero-order valence-electron chi connectivity index (χ0n) is 14.7. The molecule has 0 saturated carbocycles. The van der Waals surface area contributed by atoms with E-state index in [2.05, 4.69) is 15.7 Å². The molecule has 9 nitrogen and oxygen atoms in total. The first-order chi connectivity index (χ1) is 12.5. The number of benzene rings is 1. The van der Waals surface area contributed by atoms with Crippen molar-refractivity contribution in [3.8, 4) is 0 Å². The van der Waals surface area contributed by atoms with Crippen LogP contribution in [0, 0.1) is 0 Å². The first kappa shape index (κ1) is 17.6. The summed E-state index contributed by atoms with van der Waals surface area (Å²) in [4.78, 5) is 25.8. The SMILES string of the molecule is CCn1ncc(Nc2ccc(C(=O)N3CCCC3)cc2NC(N)=O)c1N. The maximum absolute atomic E-state index is 12.6. The number of nitrogen functional groups attached to an aromatic ring is 1. The van der Waals surface area contributed by atoms with Crippen LogP contribution in [0.3, 0.4) is 0 Å². The Labute approximate surface area is 151 Å². The molecule has 0 unspecified atom stereocenters. The highest BCUT2D eigenvalue weighted by atomic mass is 16.2.